The number of hydrogen-bond donors (Lipinski definition) is 1. The van der Waals surface area contributed by atoms with Crippen molar-refractivity contribution in [3.63, 3.8) is 0 Å². The summed E-state index contributed by atoms with van der Waals surface area (Å²) in [5.41, 5.74) is 1.15. The number of hydrogen-bond acceptors (Lipinski definition) is 4. The van der Waals surface area contributed by atoms with Gasteiger partial charge in [0.25, 0.3) is 5.91 Å². The number of rotatable bonds is 2. The number of aryl methyl sites for hydroxylation is 1. The minimum atomic E-state index is -4.61. The Bertz CT molecular complexity index is 577. The van der Waals surface area contributed by atoms with Crippen LogP contribution in [0.1, 0.15) is 47.5 Å². The number of carbonyl (C=O) groups excluding carboxylic acids is 1. The SMILES string of the molecule is O=C(c1noc2c1CCCC2)N1CCC([C@@H](O)C(F)(F)F)CC1. The first-order valence-electron chi connectivity index (χ1n) is 7.89. The first kappa shape index (κ1) is 16.3. The summed E-state index contributed by atoms with van der Waals surface area (Å²) >= 11 is 0. The lowest BCUT2D eigenvalue weighted by atomic mass is 9.90. The molecule has 3 rings (SSSR count). The average molecular weight is 332 g/mol. The van der Waals surface area contributed by atoms with Crippen molar-refractivity contribution >= 4 is 5.91 Å². The molecule has 1 aromatic heterocycles. The number of halogens is 3. The fourth-order valence-electron chi connectivity index (χ4n) is 3.39. The van der Waals surface area contributed by atoms with Crippen molar-refractivity contribution < 1.29 is 27.6 Å². The smallest absolute Gasteiger partial charge is 0.383 e. The largest absolute Gasteiger partial charge is 0.414 e. The number of carbonyl (C=O) groups is 1. The fourth-order valence-corrected chi connectivity index (χ4v) is 3.39. The third-order valence-electron chi connectivity index (χ3n) is 4.76. The van der Waals surface area contributed by atoms with E-state index in [2.05, 4.69) is 5.16 Å². The minimum Gasteiger partial charge on any atom is -0.383 e. The van der Waals surface area contributed by atoms with Crippen LogP contribution in [0.3, 0.4) is 0 Å². The van der Waals surface area contributed by atoms with Gasteiger partial charge in [-0.2, -0.15) is 13.2 Å². The second-order valence-corrected chi connectivity index (χ2v) is 6.26. The van der Waals surface area contributed by atoms with Crippen molar-refractivity contribution in [1.29, 1.82) is 0 Å². The van der Waals surface area contributed by atoms with Crippen molar-refractivity contribution in [2.24, 2.45) is 5.92 Å². The van der Waals surface area contributed by atoms with Gasteiger partial charge in [0.1, 0.15) is 5.76 Å². The Morgan fingerprint density at radius 3 is 2.57 bits per heavy atom. The molecule has 2 aliphatic rings. The summed E-state index contributed by atoms with van der Waals surface area (Å²) in [4.78, 5) is 14.0. The molecular formula is C15H19F3N2O3. The maximum atomic E-state index is 12.5. The molecule has 5 nitrogen and oxygen atoms in total. The van der Waals surface area contributed by atoms with Gasteiger partial charge < -0.3 is 14.5 Å². The number of aromatic nitrogens is 1. The molecule has 2 heterocycles. The number of piperidine rings is 1. The second kappa shape index (κ2) is 6.14. The van der Waals surface area contributed by atoms with E-state index in [0.29, 0.717) is 5.69 Å². The molecule has 23 heavy (non-hydrogen) atoms. The molecule has 0 bridgehead atoms. The van der Waals surface area contributed by atoms with Gasteiger partial charge in [0, 0.05) is 25.1 Å². The maximum Gasteiger partial charge on any atom is 0.414 e. The van der Waals surface area contributed by atoms with E-state index in [1.54, 1.807) is 0 Å². The van der Waals surface area contributed by atoms with Crippen LogP contribution < -0.4 is 0 Å². The number of aliphatic hydroxyl groups excluding tert-OH is 1. The highest BCUT2D eigenvalue weighted by Gasteiger charge is 2.44. The van der Waals surface area contributed by atoms with E-state index in [1.165, 1.54) is 4.90 Å². The van der Waals surface area contributed by atoms with Crippen molar-refractivity contribution in [1.82, 2.24) is 10.1 Å². The summed E-state index contributed by atoms with van der Waals surface area (Å²) in [6.45, 7) is 0.385. The van der Waals surface area contributed by atoms with Crippen LogP contribution in [0.5, 0.6) is 0 Å². The van der Waals surface area contributed by atoms with Crippen molar-refractivity contribution in [3.05, 3.63) is 17.0 Å². The Balaban J connectivity index is 1.64. The number of aliphatic hydroxyl groups is 1. The Morgan fingerprint density at radius 1 is 1.26 bits per heavy atom. The van der Waals surface area contributed by atoms with Gasteiger partial charge in [-0.1, -0.05) is 5.16 Å². The monoisotopic (exact) mass is 332 g/mol. The Morgan fingerprint density at radius 2 is 1.91 bits per heavy atom. The zero-order valence-electron chi connectivity index (χ0n) is 12.6. The van der Waals surface area contributed by atoms with Gasteiger partial charge in [-0.05, 0) is 38.0 Å². The van der Waals surface area contributed by atoms with Gasteiger partial charge in [0.05, 0.1) is 0 Å². The van der Waals surface area contributed by atoms with Crippen LogP contribution >= 0.6 is 0 Å². The van der Waals surface area contributed by atoms with E-state index >= 15 is 0 Å². The summed E-state index contributed by atoms with van der Waals surface area (Å²) in [6.07, 6.45) is -3.15. The Labute approximate surface area is 131 Å². The summed E-state index contributed by atoms with van der Waals surface area (Å²) in [5.74, 6) is -0.385. The van der Waals surface area contributed by atoms with Gasteiger partial charge in [-0.3, -0.25) is 4.79 Å². The molecule has 1 aromatic rings. The molecule has 1 amide bonds. The molecule has 0 saturated carbocycles. The molecule has 1 atom stereocenters. The second-order valence-electron chi connectivity index (χ2n) is 6.26. The molecule has 1 aliphatic heterocycles. The summed E-state index contributed by atoms with van der Waals surface area (Å²) in [6, 6.07) is 0. The molecule has 1 saturated heterocycles. The molecule has 0 aromatic carbocycles. The highest BCUT2D eigenvalue weighted by molar-refractivity contribution is 5.94. The maximum absolute atomic E-state index is 12.5. The quantitative estimate of drug-likeness (QED) is 0.903. The zero-order chi connectivity index (χ0) is 16.6. The van der Waals surface area contributed by atoms with Crippen LogP contribution in [-0.2, 0) is 12.8 Å². The summed E-state index contributed by atoms with van der Waals surface area (Å²) < 4.78 is 42.9. The van der Waals surface area contributed by atoms with Gasteiger partial charge >= 0.3 is 6.18 Å². The number of likely N-dealkylation sites (tertiary alicyclic amines) is 1. The van der Waals surface area contributed by atoms with E-state index < -0.39 is 18.2 Å². The lowest BCUT2D eigenvalue weighted by Crippen LogP contribution is -2.45. The van der Waals surface area contributed by atoms with E-state index in [1.807, 2.05) is 0 Å². The molecule has 0 radical (unpaired) electrons. The van der Waals surface area contributed by atoms with E-state index in [-0.39, 0.29) is 31.8 Å². The van der Waals surface area contributed by atoms with E-state index in [9.17, 15) is 23.1 Å². The third-order valence-corrected chi connectivity index (χ3v) is 4.76. The number of amides is 1. The Kier molecular flexibility index (Phi) is 4.35. The summed E-state index contributed by atoms with van der Waals surface area (Å²) in [7, 11) is 0. The van der Waals surface area contributed by atoms with E-state index in [0.717, 1.165) is 37.0 Å². The van der Waals surface area contributed by atoms with Gasteiger partial charge in [0.2, 0.25) is 0 Å². The van der Waals surface area contributed by atoms with Crippen LogP contribution in [0.4, 0.5) is 13.2 Å². The number of fused-ring (bicyclic) bond motifs is 1. The highest BCUT2D eigenvalue weighted by Crippen LogP contribution is 2.32. The predicted octanol–water partition coefficient (Wildman–Crippen LogP) is 2.33. The van der Waals surface area contributed by atoms with Crippen LogP contribution in [0.15, 0.2) is 4.52 Å². The molecular weight excluding hydrogens is 313 g/mol. The topological polar surface area (TPSA) is 66.6 Å². The van der Waals surface area contributed by atoms with Crippen LogP contribution in [-0.4, -0.2) is 46.4 Å². The zero-order valence-corrected chi connectivity index (χ0v) is 12.6. The highest BCUT2D eigenvalue weighted by atomic mass is 19.4. The summed E-state index contributed by atoms with van der Waals surface area (Å²) in [5, 5.41) is 13.2. The molecule has 1 aliphatic carbocycles. The number of nitrogens with zero attached hydrogens (tertiary/aromatic N) is 2. The fraction of sp³-hybridized carbons (Fsp3) is 0.733. The first-order chi connectivity index (χ1) is 10.9. The van der Waals surface area contributed by atoms with E-state index in [4.69, 9.17) is 4.52 Å². The van der Waals surface area contributed by atoms with Crippen molar-refractivity contribution in [3.8, 4) is 0 Å². The molecule has 0 spiro atoms. The van der Waals surface area contributed by atoms with Crippen LogP contribution in [0, 0.1) is 5.92 Å². The normalized spacial score (nSPS) is 21.1. The average Bonchev–Trinajstić information content (AvgIpc) is 2.97. The van der Waals surface area contributed by atoms with Crippen LogP contribution in [0.2, 0.25) is 0 Å². The lowest BCUT2D eigenvalue weighted by Gasteiger charge is -2.34. The molecule has 128 valence electrons. The predicted molar refractivity (Wildman–Crippen MR) is 73.8 cm³/mol. The van der Waals surface area contributed by atoms with Crippen LogP contribution in [0.25, 0.3) is 0 Å². The minimum absolute atomic E-state index is 0.131. The van der Waals surface area contributed by atoms with Crippen molar-refractivity contribution in [2.45, 2.75) is 50.8 Å². The van der Waals surface area contributed by atoms with Crippen molar-refractivity contribution in [2.75, 3.05) is 13.1 Å². The van der Waals surface area contributed by atoms with Gasteiger partial charge in [-0.25, -0.2) is 0 Å². The molecule has 8 heteroatoms. The third kappa shape index (κ3) is 3.22. The molecule has 1 N–H and O–H groups in total. The standard InChI is InChI=1S/C15H19F3N2O3/c16-15(17,18)13(21)9-5-7-20(8-6-9)14(22)12-10-3-1-2-4-11(10)23-19-12/h9,13,21H,1-8H2/t13-/m1/s1. The molecule has 0 unspecified atom stereocenters. The molecule has 1 fully saturated rings. The van der Waals surface area contributed by atoms with Gasteiger partial charge in [-0.15, -0.1) is 0 Å². The number of alkyl halides is 3. The lowest BCUT2D eigenvalue weighted by molar-refractivity contribution is -0.222. The Hall–Kier alpha value is -1.57. The first-order valence-corrected chi connectivity index (χ1v) is 7.89. The van der Waals surface area contributed by atoms with Gasteiger partial charge in [0.15, 0.2) is 11.8 Å².